The maximum Gasteiger partial charge on any atom is 0.148 e. The van der Waals surface area contributed by atoms with Crippen molar-refractivity contribution in [1.29, 1.82) is 0 Å². The Morgan fingerprint density at radius 3 is 2.33 bits per heavy atom. The van der Waals surface area contributed by atoms with E-state index < -0.39 is 11.0 Å². The zero-order valence-corrected chi connectivity index (χ0v) is 16.5. The van der Waals surface area contributed by atoms with E-state index in [0.29, 0.717) is 18.3 Å². The van der Waals surface area contributed by atoms with E-state index in [1.807, 2.05) is 54.6 Å². The lowest BCUT2D eigenvalue weighted by Gasteiger charge is -2.43. The maximum atomic E-state index is 12.1. The molecule has 6 nitrogen and oxygen atoms in total. The molecule has 0 unspecified atom stereocenters. The molecular formula is C19H24ClN3O3S. The van der Waals surface area contributed by atoms with E-state index in [1.165, 1.54) is 0 Å². The van der Waals surface area contributed by atoms with Crippen LogP contribution >= 0.6 is 23.4 Å². The number of hydrogen-bond acceptors (Lipinski definition) is 6. The topological polar surface area (TPSA) is 76.0 Å². The van der Waals surface area contributed by atoms with E-state index >= 15 is 0 Å². The monoisotopic (exact) mass is 409 g/mol. The molecule has 0 bridgehead atoms. The van der Waals surface area contributed by atoms with Gasteiger partial charge in [-0.25, -0.2) is 4.31 Å². The summed E-state index contributed by atoms with van der Waals surface area (Å²) in [5.74, 6) is 0.0859. The molecule has 8 heteroatoms. The van der Waals surface area contributed by atoms with Crippen molar-refractivity contribution in [2.75, 3.05) is 21.7 Å². The molecule has 4 rings (SSSR count). The highest BCUT2D eigenvalue weighted by Gasteiger charge is 2.41. The SMILES string of the molecule is Cl.O=C(CCN1c2ccccc2N(c2ccccc2)S1(O)O)CNC1CC1. The van der Waals surface area contributed by atoms with Crippen LogP contribution in [-0.4, -0.2) is 34.0 Å². The minimum atomic E-state index is -3.26. The molecule has 1 heterocycles. The van der Waals surface area contributed by atoms with Gasteiger partial charge in [0.05, 0.1) is 23.6 Å². The molecule has 0 atom stereocenters. The van der Waals surface area contributed by atoms with Crippen molar-refractivity contribution < 1.29 is 13.9 Å². The minimum Gasteiger partial charge on any atom is -0.307 e. The van der Waals surface area contributed by atoms with E-state index in [-0.39, 0.29) is 31.2 Å². The quantitative estimate of drug-likeness (QED) is 0.630. The van der Waals surface area contributed by atoms with Crippen molar-refractivity contribution in [2.45, 2.75) is 25.3 Å². The molecule has 0 spiro atoms. The number of benzene rings is 2. The highest BCUT2D eigenvalue weighted by Crippen LogP contribution is 2.63. The number of ketones is 1. The van der Waals surface area contributed by atoms with Crippen LogP contribution in [-0.2, 0) is 4.79 Å². The maximum absolute atomic E-state index is 12.1. The van der Waals surface area contributed by atoms with Gasteiger partial charge in [0, 0.05) is 19.0 Å². The van der Waals surface area contributed by atoms with Gasteiger partial charge >= 0.3 is 0 Å². The fourth-order valence-corrected chi connectivity index (χ4v) is 4.93. The molecule has 1 aliphatic carbocycles. The van der Waals surface area contributed by atoms with Gasteiger partial charge in [-0.2, -0.15) is 0 Å². The highest BCUT2D eigenvalue weighted by molar-refractivity contribution is 8.27. The molecule has 0 radical (unpaired) electrons. The fourth-order valence-electron chi connectivity index (χ4n) is 3.16. The summed E-state index contributed by atoms with van der Waals surface area (Å²) in [5, 5.41) is 3.21. The first-order valence-electron chi connectivity index (χ1n) is 8.83. The number of para-hydroxylation sites is 3. The Morgan fingerprint density at radius 1 is 1.04 bits per heavy atom. The van der Waals surface area contributed by atoms with E-state index in [0.717, 1.165) is 24.2 Å². The van der Waals surface area contributed by atoms with Gasteiger partial charge in [-0.1, -0.05) is 30.3 Å². The van der Waals surface area contributed by atoms with Crippen LogP contribution in [0.15, 0.2) is 54.6 Å². The van der Waals surface area contributed by atoms with Crippen LogP contribution in [0.3, 0.4) is 0 Å². The minimum absolute atomic E-state index is 0. The Balaban J connectivity index is 0.00000210. The first-order chi connectivity index (χ1) is 12.6. The Bertz CT molecular complexity index is 802. The van der Waals surface area contributed by atoms with Gasteiger partial charge in [-0.15, -0.1) is 12.4 Å². The number of nitrogens with zero attached hydrogens (tertiary/aromatic N) is 2. The van der Waals surface area contributed by atoms with Gasteiger partial charge < -0.3 is 5.32 Å². The van der Waals surface area contributed by atoms with Crippen LogP contribution in [0.25, 0.3) is 0 Å². The summed E-state index contributed by atoms with van der Waals surface area (Å²) < 4.78 is 25.1. The first kappa shape index (κ1) is 20.0. The van der Waals surface area contributed by atoms with Gasteiger partial charge in [0.1, 0.15) is 5.78 Å². The molecule has 1 fully saturated rings. The van der Waals surface area contributed by atoms with Gasteiger partial charge in [0.2, 0.25) is 0 Å². The number of rotatable bonds is 7. The van der Waals surface area contributed by atoms with Crippen LogP contribution < -0.4 is 13.9 Å². The zero-order valence-electron chi connectivity index (χ0n) is 14.8. The van der Waals surface area contributed by atoms with Crippen LogP contribution in [0.1, 0.15) is 19.3 Å². The number of fused-ring (bicyclic) bond motifs is 1. The average molecular weight is 410 g/mol. The number of halogens is 1. The third kappa shape index (κ3) is 4.07. The smallest absolute Gasteiger partial charge is 0.148 e. The lowest BCUT2D eigenvalue weighted by molar-refractivity contribution is -0.118. The second-order valence-corrected chi connectivity index (χ2v) is 8.44. The molecule has 0 amide bonds. The molecule has 27 heavy (non-hydrogen) atoms. The Labute approximate surface area is 167 Å². The van der Waals surface area contributed by atoms with E-state index in [2.05, 4.69) is 5.32 Å². The molecule has 2 aliphatic rings. The lowest BCUT2D eigenvalue weighted by Crippen LogP contribution is -2.34. The molecule has 2 aromatic carbocycles. The number of carbonyl (C=O) groups excluding carboxylic acids is 1. The summed E-state index contributed by atoms with van der Waals surface area (Å²) in [6, 6.07) is 17.3. The number of Topliss-reactive ketones (excluding diaryl/α,β-unsaturated/α-hetero) is 1. The summed E-state index contributed by atoms with van der Waals surface area (Å²) >= 11 is 0. The molecular weight excluding hydrogens is 386 g/mol. The summed E-state index contributed by atoms with van der Waals surface area (Å²) in [4.78, 5) is 12.1. The normalized spacial score (nSPS) is 18.6. The van der Waals surface area contributed by atoms with E-state index in [1.54, 1.807) is 8.61 Å². The third-order valence-electron chi connectivity index (χ3n) is 4.66. The second-order valence-electron chi connectivity index (χ2n) is 6.65. The largest absolute Gasteiger partial charge is 0.307 e. The van der Waals surface area contributed by atoms with Crippen LogP contribution in [0.4, 0.5) is 17.1 Å². The van der Waals surface area contributed by atoms with Gasteiger partial charge in [0.25, 0.3) is 0 Å². The van der Waals surface area contributed by atoms with Crippen molar-refractivity contribution in [3.8, 4) is 0 Å². The van der Waals surface area contributed by atoms with Crippen LogP contribution in [0.5, 0.6) is 0 Å². The van der Waals surface area contributed by atoms with Gasteiger partial charge in [-0.05, 0) is 48.1 Å². The predicted octanol–water partition coefficient (Wildman–Crippen LogP) is 4.36. The molecule has 1 aliphatic heterocycles. The zero-order chi connectivity index (χ0) is 18.1. The second kappa shape index (κ2) is 8.08. The van der Waals surface area contributed by atoms with Gasteiger partial charge in [-0.3, -0.25) is 18.2 Å². The van der Waals surface area contributed by atoms with Crippen LogP contribution in [0, 0.1) is 0 Å². The van der Waals surface area contributed by atoms with Gasteiger partial charge in [0.15, 0.2) is 0 Å². The number of nitrogens with one attached hydrogen (secondary N) is 1. The molecule has 2 aromatic rings. The van der Waals surface area contributed by atoms with Crippen molar-refractivity contribution in [2.24, 2.45) is 0 Å². The van der Waals surface area contributed by atoms with E-state index in [9.17, 15) is 13.9 Å². The number of hydrogen-bond donors (Lipinski definition) is 3. The highest BCUT2D eigenvalue weighted by atomic mass is 35.5. The van der Waals surface area contributed by atoms with Crippen LogP contribution in [0.2, 0.25) is 0 Å². The Morgan fingerprint density at radius 2 is 1.67 bits per heavy atom. The third-order valence-corrected chi connectivity index (χ3v) is 6.53. The Kier molecular flexibility index (Phi) is 5.98. The van der Waals surface area contributed by atoms with E-state index in [4.69, 9.17) is 0 Å². The predicted molar refractivity (Wildman–Crippen MR) is 113 cm³/mol. The summed E-state index contributed by atoms with van der Waals surface area (Å²) in [6.07, 6.45) is 2.55. The number of anilines is 3. The standard InChI is InChI=1S/C19H23N3O3S.ClH/c23-17(14-20-15-10-11-15)12-13-21-18-8-4-5-9-19(18)22(26(21,24)25)16-6-2-1-3-7-16;/h1-9,15,20,24-25H,10-14H2;1H. The first-order valence-corrected chi connectivity index (χ1v) is 10.3. The summed E-state index contributed by atoms with van der Waals surface area (Å²) in [6.45, 7) is 0.621. The van der Waals surface area contributed by atoms with Crippen molar-refractivity contribution >= 4 is 46.2 Å². The fraction of sp³-hybridized carbons (Fsp3) is 0.316. The lowest BCUT2D eigenvalue weighted by atomic mass is 10.2. The Hall–Kier alpha value is -1.77. The number of carbonyl (C=O) groups is 1. The molecule has 0 saturated heterocycles. The molecule has 0 aromatic heterocycles. The average Bonchev–Trinajstić information content (AvgIpc) is 3.43. The van der Waals surface area contributed by atoms with Crippen molar-refractivity contribution in [1.82, 2.24) is 5.32 Å². The molecule has 146 valence electrons. The summed E-state index contributed by atoms with van der Waals surface area (Å²) in [7, 11) is -3.26. The molecule has 3 N–H and O–H groups in total. The van der Waals surface area contributed by atoms with Crippen molar-refractivity contribution in [3.05, 3.63) is 54.6 Å². The van der Waals surface area contributed by atoms with Crippen molar-refractivity contribution in [3.63, 3.8) is 0 Å². The summed E-state index contributed by atoms with van der Waals surface area (Å²) in [5.41, 5.74) is 2.19. The molecule has 1 saturated carbocycles.